The quantitative estimate of drug-likeness (QED) is 0.475. The van der Waals surface area contributed by atoms with E-state index in [0.717, 1.165) is 42.9 Å². The number of rotatable bonds is 6. The molecular formula is C26H31FN2O4S. The van der Waals surface area contributed by atoms with Gasteiger partial charge in [-0.25, -0.2) is 12.8 Å². The Morgan fingerprint density at radius 2 is 1.85 bits per heavy atom. The number of benzene rings is 2. The normalized spacial score (nSPS) is 15.3. The van der Waals surface area contributed by atoms with E-state index in [9.17, 15) is 17.6 Å². The third kappa shape index (κ3) is 4.69. The fourth-order valence-electron chi connectivity index (χ4n) is 4.80. The van der Waals surface area contributed by atoms with Crippen molar-refractivity contribution in [2.75, 3.05) is 20.2 Å². The van der Waals surface area contributed by atoms with Gasteiger partial charge in [0.2, 0.25) is 5.91 Å². The van der Waals surface area contributed by atoms with Gasteiger partial charge in [0.15, 0.2) is 21.4 Å². The van der Waals surface area contributed by atoms with Crippen LogP contribution in [-0.4, -0.2) is 44.0 Å². The summed E-state index contributed by atoms with van der Waals surface area (Å²) in [4.78, 5) is 14.3. The summed E-state index contributed by atoms with van der Waals surface area (Å²) in [6, 6.07) is 9.34. The lowest BCUT2D eigenvalue weighted by Gasteiger charge is -2.33. The van der Waals surface area contributed by atoms with Crippen LogP contribution < -0.4 is 4.74 Å². The van der Waals surface area contributed by atoms with Gasteiger partial charge < -0.3 is 14.2 Å². The van der Waals surface area contributed by atoms with Gasteiger partial charge in [0.05, 0.1) is 17.8 Å². The molecule has 0 saturated carbocycles. The van der Waals surface area contributed by atoms with E-state index in [-0.39, 0.29) is 28.2 Å². The van der Waals surface area contributed by atoms with Crippen LogP contribution in [0.4, 0.5) is 4.39 Å². The standard InChI is InChI=1S/C26H31FN2O4S/c1-17(2)26(30)29-11-9-19(10-12-29)22-15-28(3)24-8-5-18(13-21(22)24)16-34(31,32)20-6-7-23(27)25(14-20)33-4/h5-8,13-15,17,19H,9-12,16H2,1-4H3. The number of aromatic nitrogens is 1. The number of ether oxygens (including phenoxy) is 1. The SMILES string of the molecule is COc1cc(S(=O)(=O)Cc2ccc3c(c2)c(C2CCN(C(=O)C(C)C)CC2)cn3C)ccc1F. The summed E-state index contributed by atoms with van der Waals surface area (Å²) in [7, 11) is -0.386. The molecule has 1 amide bonds. The van der Waals surface area contributed by atoms with Crippen LogP contribution in [0.15, 0.2) is 47.5 Å². The van der Waals surface area contributed by atoms with E-state index in [2.05, 4.69) is 10.8 Å². The van der Waals surface area contributed by atoms with Crippen LogP contribution in [0.25, 0.3) is 10.9 Å². The molecule has 182 valence electrons. The summed E-state index contributed by atoms with van der Waals surface area (Å²) < 4.78 is 46.8. The Bertz CT molecular complexity index is 1320. The average molecular weight is 487 g/mol. The van der Waals surface area contributed by atoms with Crippen molar-refractivity contribution >= 4 is 26.6 Å². The number of nitrogens with zero attached hydrogens (tertiary/aromatic N) is 2. The number of halogens is 1. The first kappa shape index (κ1) is 24.3. The minimum absolute atomic E-state index is 0.000289. The molecule has 0 aliphatic carbocycles. The van der Waals surface area contributed by atoms with Crippen molar-refractivity contribution < 1.29 is 22.3 Å². The zero-order chi connectivity index (χ0) is 24.6. The van der Waals surface area contributed by atoms with Crippen molar-refractivity contribution in [3.8, 4) is 5.75 Å². The lowest BCUT2D eigenvalue weighted by molar-refractivity contribution is -0.135. The molecule has 8 heteroatoms. The van der Waals surface area contributed by atoms with Gasteiger partial charge >= 0.3 is 0 Å². The number of likely N-dealkylation sites (tertiary alicyclic amines) is 1. The Kier molecular flexibility index (Phi) is 6.71. The molecule has 0 unspecified atom stereocenters. The van der Waals surface area contributed by atoms with Crippen LogP contribution in [0.1, 0.15) is 43.7 Å². The fraction of sp³-hybridized carbons (Fsp3) is 0.423. The molecule has 1 aliphatic rings. The molecule has 4 rings (SSSR count). The topological polar surface area (TPSA) is 68.6 Å². The van der Waals surface area contributed by atoms with Crippen LogP contribution in [0.5, 0.6) is 5.75 Å². The highest BCUT2D eigenvalue weighted by Crippen LogP contribution is 2.35. The largest absolute Gasteiger partial charge is 0.494 e. The first-order valence-corrected chi connectivity index (χ1v) is 13.2. The first-order valence-electron chi connectivity index (χ1n) is 11.5. The molecule has 2 aromatic carbocycles. The zero-order valence-electron chi connectivity index (χ0n) is 20.0. The van der Waals surface area contributed by atoms with Crippen molar-refractivity contribution in [3.05, 3.63) is 59.5 Å². The molecule has 34 heavy (non-hydrogen) atoms. The summed E-state index contributed by atoms with van der Waals surface area (Å²) in [6.07, 6.45) is 3.89. The highest BCUT2D eigenvalue weighted by Gasteiger charge is 2.27. The Morgan fingerprint density at radius 3 is 2.50 bits per heavy atom. The molecule has 1 aromatic heterocycles. The maximum atomic E-state index is 13.7. The average Bonchev–Trinajstić information content (AvgIpc) is 3.14. The van der Waals surface area contributed by atoms with E-state index in [4.69, 9.17) is 4.74 Å². The Balaban J connectivity index is 1.60. The van der Waals surface area contributed by atoms with E-state index in [0.29, 0.717) is 11.5 Å². The summed E-state index contributed by atoms with van der Waals surface area (Å²) in [5.41, 5.74) is 2.91. The monoisotopic (exact) mass is 486 g/mol. The molecule has 0 atom stereocenters. The van der Waals surface area contributed by atoms with Crippen molar-refractivity contribution in [1.29, 1.82) is 0 Å². The van der Waals surface area contributed by atoms with Crippen LogP contribution >= 0.6 is 0 Å². The predicted octanol–water partition coefficient (Wildman–Crippen LogP) is 4.66. The van der Waals surface area contributed by atoms with Gasteiger partial charge in [-0.3, -0.25) is 4.79 Å². The smallest absolute Gasteiger partial charge is 0.225 e. The van der Waals surface area contributed by atoms with E-state index in [1.54, 1.807) is 0 Å². The van der Waals surface area contributed by atoms with Gasteiger partial charge in [0.1, 0.15) is 0 Å². The van der Waals surface area contributed by atoms with Crippen molar-refractivity contribution in [3.63, 3.8) is 0 Å². The van der Waals surface area contributed by atoms with Crippen LogP contribution in [0.2, 0.25) is 0 Å². The number of aryl methyl sites for hydroxylation is 1. The lowest BCUT2D eigenvalue weighted by Crippen LogP contribution is -2.40. The minimum atomic E-state index is -3.68. The third-order valence-corrected chi connectivity index (χ3v) is 8.35. The van der Waals surface area contributed by atoms with Gasteiger partial charge in [-0.2, -0.15) is 0 Å². The summed E-state index contributed by atoms with van der Waals surface area (Å²) in [6.45, 7) is 5.32. The number of hydrogen-bond acceptors (Lipinski definition) is 4. The highest BCUT2D eigenvalue weighted by atomic mass is 32.2. The molecule has 0 spiro atoms. The number of piperidine rings is 1. The number of carbonyl (C=O) groups excluding carboxylic acids is 1. The molecule has 0 N–H and O–H groups in total. The van der Waals surface area contributed by atoms with Gasteiger partial charge in [-0.15, -0.1) is 0 Å². The zero-order valence-corrected chi connectivity index (χ0v) is 20.9. The van der Waals surface area contributed by atoms with E-state index in [1.807, 2.05) is 44.0 Å². The molecular weight excluding hydrogens is 455 g/mol. The highest BCUT2D eigenvalue weighted by molar-refractivity contribution is 7.90. The molecule has 0 bridgehead atoms. The second kappa shape index (κ2) is 9.41. The van der Waals surface area contributed by atoms with Crippen LogP contribution in [-0.2, 0) is 27.4 Å². The molecule has 1 fully saturated rings. The van der Waals surface area contributed by atoms with Gasteiger partial charge in [-0.1, -0.05) is 19.9 Å². The number of hydrogen-bond donors (Lipinski definition) is 0. The number of fused-ring (bicyclic) bond motifs is 1. The molecule has 0 radical (unpaired) electrons. The van der Waals surface area contributed by atoms with Gasteiger partial charge in [0, 0.05) is 49.2 Å². The van der Waals surface area contributed by atoms with Gasteiger partial charge in [0.25, 0.3) is 0 Å². The van der Waals surface area contributed by atoms with Crippen LogP contribution in [0, 0.1) is 11.7 Å². The number of carbonyl (C=O) groups is 1. The fourth-order valence-corrected chi connectivity index (χ4v) is 6.14. The van der Waals surface area contributed by atoms with E-state index >= 15 is 0 Å². The second-order valence-corrected chi connectivity index (χ2v) is 11.3. The molecule has 1 saturated heterocycles. The molecule has 2 heterocycles. The summed E-state index contributed by atoms with van der Waals surface area (Å²) in [5, 5.41) is 1.04. The maximum Gasteiger partial charge on any atom is 0.225 e. The second-order valence-electron chi connectivity index (χ2n) is 9.36. The van der Waals surface area contributed by atoms with Crippen molar-refractivity contribution in [1.82, 2.24) is 9.47 Å². The number of sulfone groups is 1. The lowest BCUT2D eigenvalue weighted by atomic mass is 9.88. The van der Waals surface area contributed by atoms with Crippen molar-refractivity contribution in [2.24, 2.45) is 13.0 Å². The Hall–Kier alpha value is -2.87. The molecule has 3 aromatic rings. The summed E-state index contributed by atoms with van der Waals surface area (Å²) >= 11 is 0. The van der Waals surface area contributed by atoms with Gasteiger partial charge in [-0.05, 0) is 54.2 Å². The molecule has 1 aliphatic heterocycles. The van der Waals surface area contributed by atoms with Crippen LogP contribution in [0.3, 0.4) is 0 Å². The predicted molar refractivity (Wildman–Crippen MR) is 130 cm³/mol. The minimum Gasteiger partial charge on any atom is -0.494 e. The summed E-state index contributed by atoms with van der Waals surface area (Å²) in [5.74, 6) is -0.371. The first-order chi connectivity index (χ1) is 16.1. The number of amides is 1. The third-order valence-electron chi connectivity index (χ3n) is 6.66. The Morgan fingerprint density at radius 1 is 1.15 bits per heavy atom. The van der Waals surface area contributed by atoms with E-state index < -0.39 is 15.7 Å². The molecule has 6 nitrogen and oxygen atoms in total. The maximum absolute atomic E-state index is 13.7. The van der Waals surface area contributed by atoms with Crippen molar-refractivity contribution in [2.45, 2.75) is 43.3 Å². The van der Waals surface area contributed by atoms with E-state index in [1.165, 1.54) is 24.8 Å². The number of methoxy groups -OCH3 is 1. The Labute approximate surface area is 200 Å².